The van der Waals surface area contributed by atoms with Gasteiger partial charge in [-0.3, -0.25) is 0 Å². The highest BCUT2D eigenvalue weighted by Gasteiger charge is 2.46. The first-order chi connectivity index (χ1) is 9.00. The maximum atomic E-state index is 13.4. The van der Waals surface area contributed by atoms with Crippen LogP contribution < -0.4 is 0 Å². The summed E-state index contributed by atoms with van der Waals surface area (Å²) in [6.45, 7) is 8.83. The standard InChI is InChI=1S/C17H24BrFO/c1-15(2)9-16(3,4)11-17(20,10-15)8-12-7-13(19)5-6-14(12)18/h5-7,20H,8-11H2,1-4H3. The molecule has 1 fully saturated rings. The summed E-state index contributed by atoms with van der Waals surface area (Å²) in [5.41, 5.74) is 0.301. The van der Waals surface area contributed by atoms with Crippen LogP contribution in [0.15, 0.2) is 22.7 Å². The molecule has 1 aromatic rings. The van der Waals surface area contributed by atoms with E-state index in [9.17, 15) is 9.50 Å². The lowest BCUT2D eigenvalue weighted by Crippen LogP contribution is -2.47. The molecule has 0 amide bonds. The van der Waals surface area contributed by atoms with Crippen molar-refractivity contribution < 1.29 is 9.50 Å². The third-order valence-corrected chi connectivity index (χ3v) is 4.87. The van der Waals surface area contributed by atoms with Crippen molar-refractivity contribution in [2.24, 2.45) is 10.8 Å². The quantitative estimate of drug-likeness (QED) is 0.792. The lowest BCUT2D eigenvalue weighted by Gasteiger charge is -2.49. The highest BCUT2D eigenvalue weighted by atomic mass is 79.9. The Morgan fingerprint density at radius 3 is 2.20 bits per heavy atom. The second kappa shape index (κ2) is 5.10. The fourth-order valence-electron chi connectivity index (χ4n) is 4.42. The van der Waals surface area contributed by atoms with E-state index in [4.69, 9.17) is 0 Å². The Kier molecular flexibility index (Phi) is 4.07. The molecular weight excluding hydrogens is 319 g/mol. The molecule has 0 spiro atoms. The molecule has 20 heavy (non-hydrogen) atoms. The predicted molar refractivity (Wildman–Crippen MR) is 84.2 cm³/mol. The second-order valence-electron chi connectivity index (χ2n) is 8.00. The van der Waals surface area contributed by atoms with Crippen LogP contribution in [-0.4, -0.2) is 10.7 Å². The van der Waals surface area contributed by atoms with Crippen molar-refractivity contribution in [1.82, 2.24) is 0 Å². The van der Waals surface area contributed by atoms with Crippen LogP contribution in [0.5, 0.6) is 0 Å². The minimum atomic E-state index is -0.762. The zero-order valence-corrected chi connectivity index (χ0v) is 14.3. The lowest BCUT2D eigenvalue weighted by atomic mass is 9.58. The average molecular weight is 343 g/mol. The van der Waals surface area contributed by atoms with Gasteiger partial charge in [-0.2, -0.15) is 0 Å². The highest BCUT2D eigenvalue weighted by molar-refractivity contribution is 9.10. The molecule has 1 saturated carbocycles. The van der Waals surface area contributed by atoms with Crippen molar-refractivity contribution in [1.29, 1.82) is 0 Å². The van der Waals surface area contributed by atoms with Gasteiger partial charge in [0.2, 0.25) is 0 Å². The molecule has 3 heteroatoms. The van der Waals surface area contributed by atoms with E-state index >= 15 is 0 Å². The van der Waals surface area contributed by atoms with Crippen LogP contribution in [0.25, 0.3) is 0 Å². The van der Waals surface area contributed by atoms with Gasteiger partial charge in [0.05, 0.1) is 5.60 Å². The van der Waals surface area contributed by atoms with Gasteiger partial charge in [0.1, 0.15) is 5.82 Å². The van der Waals surface area contributed by atoms with E-state index in [1.807, 2.05) is 0 Å². The third kappa shape index (κ3) is 3.82. The Morgan fingerprint density at radius 1 is 1.10 bits per heavy atom. The zero-order chi connectivity index (χ0) is 15.2. The first-order valence-electron chi connectivity index (χ1n) is 7.17. The minimum Gasteiger partial charge on any atom is -0.390 e. The molecule has 0 bridgehead atoms. The van der Waals surface area contributed by atoms with Crippen LogP contribution in [-0.2, 0) is 6.42 Å². The summed E-state index contributed by atoms with van der Waals surface area (Å²) in [7, 11) is 0. The van der Waals surface area contributed by atoms with Gasteiger partial charge in [0.15, 0.2) is 0 Å². The fraction of sp³-hybridized carbons (Fsp3) is 0.647. The number of aliphatic hydroxyl groups is 1. The van der Waals surface area contributed by atoms with E-state index < -0.39 is 5.60 Å². The van der Waals surface area contributed by atoms with Gasteiger partial charge in [-0.15, -0.1) is 0 Å². The van der Waals surface area contributed by atoms with Crippen LogP contribution in [0.4, 0.5) is 4.39 Å². The maximum absolute atomic E-state index is 13.4. The normalized spacial score (nSPS) is 23.6. The first-order valence-corrected chi connectivity index (χ1v) is 7.96. The lowest BCUT2D eigenvalue weighted by molar-refractivity contribution is -0.0851. The molecule has 1 aliphatic rings. The number of hydrogen-bond donors (Lipinski definition) is 1. The van der Waals surface area contributed by atoms with Gasteiger partial charge in [0, 0.05) is 10.9 Å². The molecule has 0 heterocycles. The molecule has 1 aromatic carbocycles. The third-order valence-electron chi connectivity index (χ3n) is 4.10. The van der Waals surface area contributed by atoms with Crippen molar-refractivity contribution in [3.8, 4) is 0 Å². The molecule has 112 valence electrons. The molecule has 0 aliphatic heterocycles. The van der Waals surface area contributed by atoms with Crippen molar-refractivity contribution in [3.63, 3.8) is 0 Å². The van der Waals surface area contributed by atoms with Crippen molar-refractivity contribution >= 4 is 15.9 Å². The summed E-state index contributed by atoms with van der Waals surface area (Å²) in [6.07, 6.45) is 3.11. The predicted octanol–water partition coefficient (Wildman–Crippen LogP) is 5.10. The second-order valence-corrected chi connectivity index (χ2v) is 8.85. The van der Waals surface area contributed by atoms with Crippen LogP contribution in [0.2, 0.25) is 0 Å². The Balaban J connectivity index is 2.28. The average Bonchev–Trinajstić information content (AvgIpc) is 2.17. The summed E-state index contributed by atoms with van der Waals surface area (Å²) >= 11 is 3.46. The fourth-order valence-corrected chi connectivity index (χ4v) is 4.81. The van der Waals surface area contributed by atoms with Gasteiger partial charge in [-0.05, 0) is 53.9 Å². The summed E-state index contributed by atoms with van der Waals surface area (Å²) in [5.74, 6) is -0.249. The van der Waals surface area contributed by atoms with Crippen LogP contribution in [0, 0.1) is 16.6 Å². The maximum Gasteiger partial charge on any atom is 0.123 e. The first kappa shape index (κ1) is 16.0. The summed E-state index contributed by atoms with van der Waals surface area (Å²) in [4.78, 5) is 0. The molecule has 0 atom stereocenters. The summed E-state index contributed by atoms with van der Waals surface area (Å²) < 4.78 is 14.3. The van der Waals surface area contributed by atoms with E-state index in [1.54, 1.807) is 6.07 Å². The van der Waals surface area contributed by atoms with E-state index in [2.05, 4.69) is 43.6 Å². The van der Waals surface area contributed by atoms with Crippen molar-refractivity contribution in [2.75, 3.05) is 0 Å². The molecule has 0 radical (unpaired) electrons. The summed E-state index contributed by atoms with van der Waals surface area (Å²) in [6, 6.07) is 4.68. The highest BCUT2D eigenvalue weighted by Crippen LogP contribution is 2.51. The molecule has 1 N–H and O–H groups in total. The Hall–Kier alpha value is -0.410. The van der Waals surface area contributed by atoms with Crippen LogP contribution in [0.3, 0.4) is 0 Å². The number of halogens is 2. The number of benzene rings is 1. The van der Waals surface area contributed by atoms with E-state index in [0.717, 1.165) is 29.3 Å². The molecule has 1 aliphatic carbocycles. The van der Waals surface area contributed by atoms with Gasteiger partial charge >= 0.3 is 0 Å². The number of rotatable bonds is 2. The molecule has 0 unspecified atom stereocenters. The van der Waals surface area contributed by atoms with Gasteiger partial charge < -0.3 is 5.11 Å². The molecule has 0 aromatic heterocycles. The summed E-state index contributed by atoms with van der Waals surface area (Å²) in [5, 5.41) is 11.1. The number of hydrogen-bond acceptors (Lipinski definition) is 1. The minimum absolute atomic E-state index is 0.107. The monoisotopic (exact) mass is 342 g/mol. The molecule has 2 rings (SSSR count). The van der Waals surface area contributed by atoms with Crippen LogP contribution >= 0.6 is 15.9 Å². The van der Waals surface area contributed by atoms with Crippen molar-refractivity contribution in [3.05, 3.63) is 34.1 Å². The van der Waals surface area contributed by atoms with E-state index in [-0.39, 0.29) is 16.6 Å². The Morgan fingerprint density at radius 2 is 1.65 bits per heavy atom. The van der Waals surface area contributed by atoms with E-state index in [1.165, 1.54) is 12.1 Å². The molecule has 1 nitrogen and oxygen atoms in total. The smallest absolute Gasteiger partial charge is 0.123 e. The van der Waals surface area contributed by atoms with Crippen molar-refractivity contribution in [2.45, 2.75) is 59.0 Å². The molecular formula is C17H24BrFO. The van der Waals surface area contributed by atoms with Gasteiger partial charge in [-0.1, -0.05) is 43.6 Å². The SMILES string of the molecule is CC1(C)CC(C)(C)CC(O)(Cc2cc(F)ccc2Br)C1. The van der Waals surface area contributed by atoms with Gasteiger partial charge in [0.25, 0.3) is 0 Å². The zero-order valence-electron chi connectivity index (χ0n) is 12.8. The Labute approximate surface area is 129 Å². The van der Waals surface area contributed by atoms with E-state index in [0.29, 0.717) is 6.42 Å². The Bertz CT molecular complexity index is 492. The van der Waals surface area contributed by atoms with Crippen LogP contribution in [0.1, 0.15) is 52.5 Å². The molecule has 0 saturated heterocycles. The largest absolute Gasteiger partial charge is 0.390 e. The van der Waals surface area contributed by atoms with Gasteiger partial charge in [-0.25, -0.2) is 4.39 Å². The topological polar surface area (TPSA) is 20.2 Å².